The molecule has 3 rings (SSSR count). The molecule has 1 aromatic carbocycles. The number of likely N-dealkylation sites (tertiary alicyclic amines) is 1. The van der Waals surface area contributed by atoms with Crippen molar-refractivity contribution < 1.29 is 14.7 Å². The fourth-order valence-electron chi connectivity index (χ4n) is 3.40. The Morgan fingerprint density at radius 2 is 1.96 bits per heavy atom. The van der Waals surface area contributed by atoms with Crippen molar-refractivity contribution in [2.24, 2.45) is 5.41 Å². The Morgan fingerprint density at radius 1 is 1.26 bits per heavy atom. The number of aromatic carboxylic acids is 1. The van der Waals surface area contributed by atoms with E-state index < -0.39 is 5.97 Å². The van der Waals surface area contributed by atoms with Gasteiger partial charge in [0.25, 0.3) is 0 Å². The molecule has 1 N–H and O–H groups in total. The Hall–Kier alpha value is -1.84. The summed E-state index contributed by atoms with van der Waals surface area (Å²) >= 11 is 0. The minimum Gasteiger partial charge on any atom is -0.478 e. The van der Waals surface area contributed by atoms with E-state index in [1.54, 1.807) is 12.1 Å². The summed E-state index contributed by atoms with van der Waals surface area (Å²) in [4.78, 5) is 25.4. The third-order valence-electron chi connectivity index (χ3n) is 5.45. The van der Waals surface area contributed by atoms with Crippen LogP contribution in [0.4, 0.5) is 0 Å². The largest absolute Gasteiger partial charge is 0.478 e. The fourth-order valence-corrected chi connectivity index (χ4v) is 3.40. The average molecular weight is 315 g/mol. The van der Waals surface area contributed by atoms with Crippen molar-refractivity contribution in [3.05, 3.63) is 35.4 Å². The summed E-state index contributed by atoms with van der Waals surface area (Å²) in [6, 6.07) is 7.11. The molecule has 4 nitrogen and oxygen atoms in total. The number of piperidine rings is 1. The molecule has 0 bridgehead atoms. The molecule has 4 heteroatoms. The van der Waals surface area contributed by atoms with Crippen LogP contribution in [-0.2, 0) is 4.79 Å². The van der Waals surface area contributed by atoms with E-state index in [4.69, 9.17) is 5.11 Å². The van der Waals surface area contributed by atoms with Crippen molar-refractivity contribution in [3.63, 3.8) is 0 Å². The number of hydrogen-bond donors (Lipinski definition) is 1. The van der Waals surface area contributed by atoms with Crippen molar-refractivity contribution >= 4 is 11.9 Å². The molecule has 124 valence electrons. The van der Waals surface area contributed by atoms with Gasteiger partial charge in [-0.25, -0.2) is 4.79 Å². The number of carboxylic acids is 1. The molecule has 1 heterocycles. The van der Waals surface area contributed by atoms with Crippen LogP contribution in [0.1, 0.15) is 67.3 Å². The molecule has 23 heavy (non-hydrogen) atoms. The summed E-state index contributed by atoms with van der Waals surface area (Å²) in [6.07, 6.45) is 6.29. The number of benzene rings is 1. The number of carboxylic acid groups (broad SMARTS) is 1. The minimum absolute atomic E-state index is 0.282. The zero-order valence-electron chi connectivity index (χ0n) is 13.8. The standard InChI is InChI=1S/C19H25NO3/c1-19(10-11-19)9-8-17(21)20-12-2-3-16(13-20)14-4-6-15(7-5-14)18(22)23/h4-7,16H,2-3,8-13H2,1H3,(H,22,23). The van der Waals surface area contributed by atoms with E-state index in [0.717, 1.165) is 37.9 Å². The second kappa shape index (κ2) is 6.34. The lowest BCUT2D eigenvalue weighted by atomic mass is 9.89. The van der Waals surface area contributed by atoms with Crippen LogP contribution in [0.15, 0.2) is 24.3 Å². The monoisotopic (exact) mass is 315 g/mol. The molecule has 0 aromatic heterocycles. The Morgan fingerprint density at radius 3 is 2.57 bits per heavy atom. The summed E-state index contributed by atoms with van der Waals surface area (Å²) in [5.41, 5.74) is 1.88. The number of rotatable bonds is 5. The average Bonchev–Trinajstić information content (AvgIpc) is 3.31. The molecular weight excluding hydrogens is 290 g/mol. The third kappa shape index (κ3) is 3.92. The van der Waals surface area contributed by atoms with Gasteiger partial charge in [-0.15, -0.1) is 0 Å². The van der Waals surface area contributed by atoms with Crippen molar-refractivity contribution in [2.45, 2.75) is 51.4 Å². The van der Waals surface area contributed by atoms with Gasteiger partial charge in [0.15, 0.2) is 0 Å². The Kier molecular flexibility index (Phi) is 4.42. The second-order valence-corrected chi connectivity index (χ2v) is 7.42. The van der Waals surface area contributed by atoms with E-state index in [9.17, 15) is 9.59 Å². The highest BCUT2D eigenvalue weighted by molar-refractivity contribution is 5.87. The Balaban J connectivity index is 1.58. The first-order valence-electron chi connectivity index (χ1n) is 8.58. The lowest BCUT2D eigenvalue weighted by molar-refractivity contribution is -0.132. The minimum atomic E-state index is -0.898. The molecule has 2 aliphatic rings. The lowest BCUT2D eigenvalue weighted by Gasteiger charge is -2.33. The van der Waals surface area contributed by atoms with Gasteiger partial charge < -0.3 is 10.0 Å². The molecule has 0 radical (unpaired) electrons. The summed E-state index contributed by atoms with van der Waals surface area (Å²) in [5.74, 6) is -0.289. The smallest absolute Gasteiger partial charge is 0.335 e. The number of hydrogen-bond acceptors (Lipinski definition) is 2. The summed E-state index contributed by atoms with van der Waals surface area (Å²) in [5, 5.41) is 8.98. The van der Waals surface area contributed by atoms with E-state index in [1.807, 2.05) is 17.0 Å². The molecule has 1 aromatic rings. The summed E-state index contributed by atoms with van der Waals surface area (Å²) in [6.45, 7) is 3.89. The zero-order chi connectivity index (χ0) is 16.4. The normalized spacial score (nSPS) is 22.7. The first-order valence-corrected chi connectivity index (χ1v) is 8.58. The van der Waals surface area contributed by atoms with Gasteiger partial charge in [0, 0.05) is 25.4 Å². The molecular formula is C19H25NO3. The van der Waals surface area contributed by atoms with Crippen molar-refractivity contribution in [1.82, 2.24) is 4.90 Å². The van der Waals surface area contributed by atoms with Crippen LogP contribution in [0.2, 0.25) is 0 Å². The predicted molar refractivity (Wildman–Crippen MR) is 88.5 cm³/mol. The third-order valence-corrected chi connectivity index (χ3v) is 5.45. The SMILES string of the molecule is CC1(CCC(=O)N2CCCC(c3ccc(C(=O)O)cc3)C2)CC1. The molecule has 0 spiro atoms. The van der Waals surface area contributed by atoms with Crippen LogP contribution in [-0.4, -0.2) is 35.0 Å². The number of amides is 1. The molecule has 1 saturated carbocycles. The van der Waals surface area contributed by atoms with Gasteiger partial charge in [0.05, 0.1) is 5.56 Å². The quantitative estimate of drug-likeness (QED) is 0.902. The molecule has 1 unspecified atom stereocenters. The van der Waals surface area contributed by atoms with Gasteiger partial charge in [0.2, 0.25) is 5.91 Å². The predicted octanol–water partition coefficient (Wildman–Crippen LogP) is 3.67. The highest BCUT2D eigenvalue weighted by Crippen LogP contribution is 2.49. The lowest BCUT2D eigenvalue weighted by Crippen LogP contribution is -2.39. The van der Waals surface area contributed by atoms with Crippen LogP contribution in [0.3, 0.4) is 0 Å². The summed E-state index contributed by atoms with van der Waals surface area (Å²) < 4.78 is 0. The van der Waals surface area contributed by atoms with Crippen LogP contribution in [0.25, 0.3) is 0 Å². The van der Waals surface area contributed by atoms with Crippen LogP contribution < -0.4 is 0 Å². The fraction of sp³-hybridized carbons (Fsp3) is 0.579. The maximum atomic E-state index is 12.4. The Bertz CT molecular complexity index is 589. The summed E-state index contributed by atoms with van der Waals surface area (Å²) in [7, 11) is 0. The molecule has 1 aliphatic heterocycles. The second-order valence-electron chi connectivity index (χ2n) is 7.42. The highest BCUT2D eigenvalue weighted by atomic mass is 16.4. The van der Waals surface area contributed by atoms with Crippen molar-refractivity contribution in [2.75, 3.05) is 13.1 Å². The van der Waals surface area contributed by atoms with Crippen molar-refractivity contribution in [3.8, 4) is 0 Å². The maximum Gasteiger partial charge on any atom is 0.335 e. The molecule has 1 amide bonds. The van der Waals surface area contributed by atoms with Gasteiger partial charge in [0.1, 0.15) is 0 Å². The van der Waals surface area contributed by atoms with Gasteiger partial charge in [-0.1, -0.05) is 19.1 Å². The van der Waals surface area contributed by atoms with E-state index in [0.29, 0.717) is 23.3 Å². The first kappa shape index (κ1) is 16.0. The van der Waals surface area contributed by atoms with Crippen molar-refractivity contribution in [1.29, 1.82) is 0 Å². The van der Waals surface area contributed by atoms with E-state index in [2.05, 4.69) is 6.92 Å². The number of carbonyl (C=O) groups is 2. The molecule has 1 aliphatic carbocycles. The maximum absolute atomic E-state index is 12.4. The zero-order valence-corrected chi connectivity index (χ0v) is 13.8. The number of nitrogens with zero attached hydrogens (tertiary/aromatic N) is 1. The topological polar surface area (TPSA) is 57.6 Å². The van der Waals surface area contributed by atoms with E-state index >= 15 is 0 Å². The first-order chi connectivity index (χ1) is 11.0. The van der Waals surface area contributed by atoms with Gasteiger partial charge in [-0.05, 0) is 55.2 Å². The van der Waals surface area contributed by atoms with E-state index in [1.165, 1.54) is 12.8 Å². The van der Waals surface area contributed by atoms with Crippen LogP contribution in [0.5, 0.6) is 0 Å². The molecule has 1 atom stereocenters. The molecule has 2 fully saturated rings. The van der Waals surface area contributed by atoms with Crippen LogP contribution in [0, 0.1) is 5.41 Å². The molecule has 1 saturated heterocycles. The van der Waals surface area contributed by atoms with E-state index in [-0.39, 0.29) is 5.91 Å². The highest BCUT2D eigenvalue weighted by Gasteiger charge is 2.37. The Labute approximate surface area is 137 Å². The van der Waals surface area contributed by atoms with Crippen LogP contribution >= 0.6 is 0 Å². The van der Waals surface area contributed by atoms with Gasteiger partial charge >= 0.3 is 5.97 Å². The number of carbonyl (C=O) groups excluding carboxylic acids is 1. The van der Waals surface area contributed by atoms with Gasteiger partial charge in [-0.2, -0.15) is 0 Å². The van der Waals surface area contributed by atoms with Gasteiger partial charge in [-0.3, -0.25) is 4.79 Å².